The van der Waals surface area contributed by atoms with E-state index in [1.807, 2.05) is 6.07 Å². The number of nitrogens with zero attached hydrogens (tertiary/aromatic N) is 2. The summed E-state index contributed by atoms with van der Waals surface area (Å²) >= 11 is 0. The highest BCUT2D eigenvalue weighted by Gasteiger charge is 2.16. The van der Waals surface area contributed by atoms with Crippen LogP contribution in [0.5, 0.6) is 0 Å². The van der Waals surface area contributed by atoms with E-state index >= 15 is 0 Å². The van der Waals surface area contributed by atoms with Crippen molar-refractivity contribution in [1.82, 2.24) is 9.97 Å². The molecule has 0 spiro atoms. The molecule has 2 nitrogen and oxygen atoms in total. The van der Waals surface area contributed by atoms with Crippen LogP contribution in [0, 0.1) is 0 Å². The number of rotatable bonds is 6. The van der Waals surface area contributed by atoms with Crippen molar-refractivity contribution in [2.75, 3.05) is 0 Å². The molecule has 0 aliphatic heterocycles. The van der Waals surface area contributed by atoms with Gasteiger partial charge in [-0.05, 0) is 103 Å². The monoisotopic (exact) mass is 688 g/mol. The van der Waals surface area contributed by atoms with Crippen LogP contribution in [0.2, 0.25) is 0 Å². The summed E-state index contributed by atoms with van der Waals surface area (Å²) in [5.74, 6) is 0.707. The minimum Gasteiger partial charge on any atom is -0.228 e. The van der Waals surface area contributed by atoms with Gasteiger partial charge in [0, 0.05) is 16.7 Å². The first-order valence-electron chi connectivity index (χ1n) is 18.7. The molecule has 0 atom stereocenters. The van der Waals surface area contributed by atoms with Crippen LogP contribution >= 0.6 is 0 Å². The highest BCUT2D eigenvalue weighted by molar-refractivity contribution is 6.25. The summed E-state index contributed by atoms with van der Waals surface area (Å²) in [5, 5.41) is 7.68. The van der Waals surface area contributed by atoms with Gasteiger partial charge in [0.25, 0.3) is 0 Å². The van der Waals surface area contributed by atoms with Gasteiger partial charge in [-0.1, -0.05) is 170 Å². The van der Waals surface area contributed by atoms with Gasteiger partial charge in [0.15, 0.2) is 5.82 Å². The maximum absolute atomic E-state index is 5.29. The molecule has 0 saturated carbocycles. The Bertz CT molecular complexity index is 2900. The van der Waals surface area contributed by atoms with Crippen LogP contribution in [-0.4, -0.2) is 9.97 Å². The molecule has 54 heavy (non-hydrogen) atoms. The largest absolute Gasteiger partial charge is 0.228 e. The van der Waals surface area contributed by atoms with Crippen LogP contribution < -0.4 is 0 Å². The van der Waals surface area contributed by atoms with Gasteiger partial charge in [0.2, 0.25) is 0 Å². The van der Waals surface area contributed by atoms with Gasteiger partial charge in [-0.15, -0.1) is 0 Å². The minimum atomic E-state index is 0.707. The lowest BCUT2D eigenvalue weighted by atomic mass is 9.91. The third-order valence-electron chi connectivity index (χ3n) is 10.7. The molecule has 0 N–H and O–H groups in total. The van der Waals surface area contributed by atoms with E-state index in [2.05, 4.69) is 188 Å². The second-order valence-electron chi connectivity index (χ2n) is 14.0. The van der Waals surface area contributed by atoms with Gasteiger partial charge >= 0.3 is 0 Å². The summed E-state index contributed by atoms with van der Waals surface area (Å²) in [4.78, 5) is 10.5. The summed E-state index contributed by atoms with van der Waals surface area (Å²) in [7, 11) is 0. The second kappa shape index (κ2) is 13.6. The molecule has 0 bridgehead atoms. The Morgan fingerprint density at radius 3 is 1.59 bits per heavy atom. The van der Waals surface area contributed by atoms with Crippen molar-refractivity contribution in [2.45, 2.75) is 12.8 Å². The van der Waals surface area contributed by atoms with E-state index in [-0.39, 0.29) is 0 Å². The number of allylic oxidation sites excluding steroid dienone is 4. The van der Waals surface area contributed by atoms with E-state index in [4.69, 9.17) is 9.97 Å². The molecule has 9 aromatic rings. The zero-order valence-electron chi connectivity index (χ0n) is 29.8. The summed E-state index contributed by atoms with van der Waals surface area (Å²) in [6.45, 7) is 0. The highest BCUT2D eigenvalue weighted by atomic mass is 14.9. The lowest BCUT2D eigenvalue weighted by Crippen LogP contribution is -1.98. The molecule has 10 rings (SSSR count). The summed E-state index contributed by atoms with van der Waals surface area (Å²) in [6, 6.07) is 63.1. The van der Waals surface area contributed by atoms with Crippen molar-refractivity contribution in [3.05, 3.63) is 200 Å². The molecule has 8 aromatic carbocycles. The van der Waals surface area contributed by atoms with Crippen molar-refractivity contribution in [3.63, 3.8) is 0 Å². The molecular weight excluding hydrogens is 653 g/mol. The van der Waals surface area contributed by atoms with E-state index in [9.17, 15) is 0 Å². The Labute approximate surface area is 315 Å². The predicted molar refractivity (Wildman–Crippen MR) is 228 cm³/mol. The van der Waals surface area contributed by atoms with Gasteiger partial charge < -0.3 is 0 Å². The Balaban J connectivity index is 1.10. The topological polar surface area (TPSA) is 25.8 Å². The quantitative estimate of drug-likeness (QED) is 0.163. The fourth-order valence-electron chi connectivity index (χ4n) is 8.04. The first-order chi connectivity index (χ1) is 26.8. The second-order valence-corrected chi connectivity index (χ2v) is 14.0. The smallest absolute Gasteiger partial charge is 0.161 e. The molecule has 0 fully saturated rings. The summed E-state index contributed by atoms with van der Waals surface area (Å²) in [6.07, 6.45) is 8.98. The Morgan fingerprint density at radius 1 is 0.333 bits per heavy atom. The average Bonchev–Trinajstić information content (AvgIpc) is 3.27. The lowest BCUT2D eigenvalue weighted by Gasteiger charge is -2.15. The van der Waals surface area contributed by atoms with Crippen LogP contribution in [0.3, 0.4) is 0 Å². The standard InChI is InChI=1S/C52H36N2/c1-3-15-35(16-4-1)37-19-14-22-41(32-37)51-34-50(36-17-5-2-6-18-36)53-52(54-51)48-28-12-7-23-42(48)40-21-13-20-38(31-40)39-29-30-47-45-26-9-8-24-43(45)44-25-10-11-27-46(44)49(47)33-39/h2-3,5-34H,1,4H2. The fraction of sp³-hybridized carbons (Fsp3) is 0.0385. The fourth-order valence-corrected chi connectivity index (χ4v) is 8.04. The van der Waals surface area contributed by atoms with E-state index in [1.54, 1.807) is 0 Å². The molecule has 1 aliphatic rings. The van der Waals surface area contributed by atoms with E-state index in [0.29, 0.717) is 5.82 Å². The highest BCUT2D eigenvalue weighted by Crippen LogP contribution is 2.39. The van der Waals surface area contributed by atoms with E-state index in [1.165, 1.54) is 54.6 Å². The van der Waals surface area contributed by atoms with Crippen molar-refractivity contribution >= 4 is 37.9 Å². The first kappa shape index (κ1) is 31.8. The predicted octanol–water partition coefficient (Wildman–Crippen LogP) is 14.0. The lowest BCUT2D eigenvalue weighted by molar-refractivity contribution is 1.04. The van der Waals surface area contributed by atoms with Crippen LogP contribution in [0.15, 0.2) is 194 Å². The zero-order valence-corrected chi connectivity index (χ0v) is 29.8. The molecule has 1 heterocycles. The van der Waals surface area contributed by atoms with Crippen LogP contribution in [0.1, 0.15) is 18.4 Å². The van der Waals surface area contributed by atoms with Crippen LogP contribution in [-0.2, 0) is 0 Å². The number of hydrogen-bond donors (Lipinski definition) is 0. The molecule has 0 amide bonds. The van der Waals surface area contributed by atoms with E-state index in [0.717, 1.165) is 52.0 Å². The van der Waals surface area contributed by atoms with E-state index < -0.39 is 0 Å². The summed E-state index contributed by atoms with van der Waals surface area (Å²) < 4.78 is 0. The third-order valence-corrected chi connectivity index (χ3v) is 10.7. The van der Waals surface area contributed by atoms with Crippen molar-refractivity contribution in [3.8, 4) is 56.2 Å². The van der Waals surface area contributed by atoms with Gasteiger partial charge in [-0.3, -0.25) is 0 Å². The van der Waals surface area contributed by atoms with Gasteiger partial charge in [0.1, 0.15) is 0 Å². The first-order valence-corrected chi connectivity index (χ1v) is 18.7. The Kier molecular flexibility index (Phi) is 8.00. The Morgan fingerprint density at radius 2 is 0.870 bits per heavy atom. The number of fused-ring (bicyclic) bond motifs is 6. The SMILES string of the molecule is C1=CC(c2cccc(-c3cc(-c4ccccc4)nc(-c4ccccc4-c4cccc(-c5ccc6c7ccccc7c7ccccc7c6c5)c4)n3)c2)=CCC1. The molecule has 0 radical (unpaired) electrons. The third kappa shape index (κ3) is 5.79. The van der Waals surface area contributed by atoms with Gasteiger partial charge in [-0.2, -0.15) is 0 Å². The number of hydrogen-bond acceptors (Lipinski definition) is 2. The van der Waals surface area contributed by atoms with Crippen LogP contribution in [0.4, 0.5) is 0 Å². The average molecular weight is 689 g/mol. The van der Waals surface area contributed by atoms with Gasteiger partial charge in [-0.25, -0.2) is 9.97 Å². The molecule has 0 saturated heterocycles. The molecule has 1 aromatic heterocycles. The van der Waals surface area contributed by atoms with Gasteiger partial charge in [0.05, 0.1) is 11.4 Å². The molecular formula is C52H36N2. The van der Waals surface area contributed by atoms with Crippen LogP contribution in [0.25, 0.3) is 94.0 Å². The maximum Gasteiger partial charge on any atom is 0.161 e. The van der Waals surface area contributed by atoms with Crippen molar-refractivity contribution in [1.29, 1.82) is 0 Å². The zero-order chi connectivity index (χ0) is 35.8. The molecule has 1 aliphatic carbocycles. The molecule has 254 valence electrons. The van der Waals surface area contributed by atoms with Crippen molar-refractivity contribution < 1.29 is 0 Å². The Hall–Kier alpha value is -6.90. The number of benzene rings is 8. The molecule has 2 heteroatoms. The minimum absolute atomic E-state index is 0.707. The molecule has 0 unspecified atom stereocenters. The summed E-state index contributed by atoms with van der Waals surface area (Å²) in [5.41, 5.74) is 12.0. The number of aromatic nitrogens is 2. The maximum atomic E-state index is 5.29. The van der Waals surface area contributed by atoms with Crippen molar-refractivity contribution in [2.24, 2.45) is 0 Å². The normalized spacial score (nSPS) is 12.7.